The standard InChI is InChI=1S/C15H32N4O2/c1-6-16-14(18-9-8-12-21-7-2)19-11-10-17-13(20)15(3,4)5/h6-12H2,1-5H3,(H,17,20)(H2,16,18,19). The summed E-state index contributed by atoms with van der Waals surface area (Å²) in [7, 11) is 0. The molecule has 0 aliphatic heterocycles. The number of aliphatic imine (C=N–C) groups is 1. The predicted molar refractivity (Wildman–Crippen MR) is 87.6 cm³/mol. The molecule has 6 heteroatoms. The molecule has 0 aliphatic rings. The molecule has 0 unspecified atom stereocenters. The quantitative estimate of drug-likeness (QED) is 0.339. The van der Waals surface area contributed by atoms with Gasteiger partial charge in [0.15, 0.2) is 5.96 Å². The van der Waals surface area contributed by atoms with Gasteiger partial charge in [-0.05, 0) is 20.3 Å². The number of carbonyl (C=O) groups excluding carboxylic acids is 1. The number of nitrogens with one attached hydrogen (secondary N) is 3. The Bertz CT molecular complexity index is 311. The molecule has 0 atom stereocenters. The number of amides is 1. The summed E-state index contributed by atoms with van der Waals surface area (Å²) in [5.74, 6) is 0.835. The lowest BCUT2D eigenvalue weighted by molar-refractivity contribution is -0.128. The molecule has 0 aromatic heterocycles. The molecular weight excluding hydrogens is 268 g/mol. The summed E-state index contributed by atoms with van der Waals surface area (Å²) in [6, 6.07) is 0. The highest BCUT2D eigenvalue weighted by atomic mass is 16.5. The molecule has 0 rings (SSSR count). The van der Waals surface area contributed by atoms with Crippen LogP contribution in [0.5, 0.6) is 0 Å². The molecule has 0 saturated heterocycles. The van der Waals surface area contributed by atoms with E-state index >= 15 is 0 Å². The van der Waals surface area contributed by atoms with Crippen LogP contribution in [0.25, 0.3) is 0 Å². The summed E-state index contributed by atoms with van der Waals surface area (Å²) in [6.45, 7) is 14.0. The van der Waals surface area contributed by atoms with Crippen LogP contribution in [0.2, 0.25) is 0 Å². The second-order valence-electron chi connectivity index (χ2n) is 5.74. The first-order valence-electron chi connectivity index (χ1n) is 7.80. The third-order valence-electron chi connectivity index (χ3n) is 2.65. The van der Waals surface area contributed by atoms with Gasteiger partial charge in [0.1, 0.15) is 0 Å². The van der Waals surface area contributed by atoms with Crippen molar-refractivity contribution in [2.75, 3.05) is 39.4 Å². The van der Waals surface area contributed by atoms with Crippen molar-refractivity contribution in [3.05, 3.63) is 0 Å². The molecule has 0 aliphatic carbocycles. The smallest absolute Gasteiger partial charge is 0.225 e. The number of guanidine groups is 1. The van der Waals surface area contributed by atoms with Crippen molar-refractivity contribution in [2.45, 2.75) is 41.0 Å². The maximum Gasteiger partial charge on any atom is 0.225 e. The van der Waals surface area contributed by atoms with E-state index in [-0.39, 0.29) is 11.3 Å². The van der Waals surface area contributed by atoms with E-state index in [0.717, 1.165) is 38.7 Å². The molecule has 3 N–H and O–H groups in total. The Kier molecular flexibility index (Phi) is 10.7. The van der Waals surface area contributed by atoms with Gasteiger partial charge in [-0.3, -0.25) is 9.79 Å². The Balaban J connectivity index is 3.93. The molecule has 0 saturated carbocycles. The average Bonchev–Trinajstić information content (AvgIpc) is 2.41. The fourth-order valence-electron chi connectivity index (χ4n) is 1.47. The van der Waals surface area contributed by atoms with Gasteiger partial charge < -0.3 is 20.7 Å². The molecule has 21 heavy (non-hydrogen) atoms. The molecule has 0 heterocycles. The molecular formula is C15H32N4O2. The first-order chi connectivity index (χ1) is 9.91. The van der Waals surface area contributed by atoms with Gasteiger partial charge in [0.25, 0.3) is 0 Å². The zero-order chi connectivity index (χ0) is 16.1. The molecule has 0 aromatic rings. The van der Waals surface area contributed by atoms with E-state index in [0.29, 0.717) is 13.1 Å². The van der Waals surface area contributed by atoms with Gasteiger partial charge in [-0.1, -0.05) is 20.8 Å². The van der Waals surface area contributed by atoms with E-state index in [1.165, 1.54) is 0 Å². The zero-order valence-electron chi connectivity index (χ0n) is 14.2. The number of hydrogen-bond donors (Lipinski definition) is 3. The van der Waals surface area contributed by atoms with Crippen LogP contribution < -0.4 is 16.0 Å². The zero-order valence-corrected chi connectivity index (χ0v) is 14.2. The van der Waals surface area contributed by atoms with Gasteiger partial charge in [0.2, 0.25) is 5.91 Å². The fraction of sp³-hybridized carbons (Fsp3) is 0.867. The third kappa shape index (κ3) is 11.1. The normalized spacial score (nSPS) is 12.1. The first kappa shape index (κ1) is 19.7. The summed E-state index contributed by atoms with van der Waals surface area (Å²) >= 11 is 0. The summed E-state index contributed by atoms with van der Waals surface area (Å²) in [5, 5.41) is 9.28. The van der Waals surface area contributed by atoms with Crippen LogP contribution in [0.1, 0.15) is 41.0 Å². The SMILES string of the molecule is CCNC(=NCCCOCC)NCCNC(=O)C(C)(C)C. The Morgan fingerprint density at radius 2 is 1.76 bits per heavy atom. The van der Waals surface area contributed by atoms with Crippen molar-refractivity contribution >= 4 is 11.9 Å². The summed E-state index contributed by atoms with van der Waals surface area (Å²) in [5.41, 5.74) is -0.349. The van der Waals surface area contributed by atoms with E-state index < -0.39 is 0 Å². The number of rotatable bonds is 9. The highest BCUT2D eigenvalue weighted by molar-refractivity contribution is 5.81. The maximum atomic E-state index is 11.7. The number of nitrogens with zero attached hydrogens (tertiary/aromatic N) is 1. The van der Waals surface area contributed by atoms with Gasteiger partial charge in [-0.2, -0.15) is 0 Å². The van der Waals surface area contributed by atoms with Gasteiger partial charge in [0, 0.05) is 44.8 Å². The lowest BCUT2D eigenvalue weighted by atomic mass is 9.96. The van der Waals surface area contributed by atoms with Crippen LogP contribution >= 0.6 is 0 Å². The third-order valence-corrected chi connectivity index (χ3v) is 2.65. The number of hydrogen-bond acceptors (Lipinski definition) is 3. The summed E-state index contributed by atoms with van der Waals surface area (Å²) < 4.78 is 5.27. The Morgan fingerprint density at radius 1 is 1.10 bits per heavy atom. The molecule has 0 fully saturated rings. The first-order valence-corrected chi connectivity index (χ1v) is 7.80. The van der Waals surface area contributed by atoms with Crippen LogP contribution in [0.15, 0.2) is 4.99 Å². The van der Waals surface area contributed by atoms with Crippen LogP contribution in [0.4, 0.5) is 0 Å². The van der Waals surface area contributed by atoms with Crippen LogP contribution in [0, 0.1) is 5.41 Å². The monoisotopic (exact) mass is 300 g/mol. The maximum absolute atomic E-state index is 11.7. The van der Waals surface area contributed by atoms with Crippen LogP contribution in [0.3, 0.4) is 0 Å². The second kappa shape index (κ2) is 11.4. The average molecular weight is 300 g/mol. The molecule has 0 spiro atoms. The predicted octanol–water partition coefficient (Wildman–Crippen LogP) is 1.13. The lowest BCUT2D eigenvalue weighted by Crippen LogP contribution is -2.43. The summed E-state index contributed by atoms with van der Waals surface area (Å²) in [6.07, 6.45) is 0.908. The number of carbonyl (C=O) groups is 1. The highest BCUT2D eigenvalue weighted by Crippen LogP contribution is 2.11. The van der Waals surface area contributed by atoms with E-state index in [4.69, 9.17) is 4.74 Å². The van der Waals surface area contributed by atoms with Crippen molar-refractivity contribution in [1.82, 2.24) is 16.0 Å². The minimum atomic E-state index is -0.349. The summed E-state index contributed by atoms with van der Waals surface area (Å²) in [4.78, 5) is 16.2. The fourth-order valence-corrected chi connectivity index (χ4v) is 1.47. The Morgan fingerprint density at radius 3 is 2.33 bits per heavy atom. The van der Waals surface area contributed by atoms with Crippen molar-refractivity contribution in [3.63, 3.8) is 0 Å². The van der Waals surface area contributed by atoms with E-state index in [9.17, 15) is 4.79 Å². The lowest BCUT2D eigenvalue weighted by Gasteiger charge is -2.18. The van der Waals surface area contributed by atoms with Gasteiger partial charge in [-0.15, -0.1) is 0 Å². The molecule has 6 nitrogen and oxygen atoms in total. The second-order valence-corrected chi connectivity index (χ2v) is 5.74. The molecule has 1 amide bonds. The van der Waals surface area contributed by atoms with Crippen molar-refractivity contribution in [2.24, 2.45) is 10.4 Å². The molecule has 0 bridgehead atoms. The minimum Gasteiger partial charge on any atom is -0.382 e. The van der Waals surface area contributed by atoms with E-state index in [1.807, 2.05) is 34.6 Å². The van der Waals surface area contributed by atoms with Gasteiger partial charge >= 0.3 is 0 Å². The van der Waals surface area contributed by atoms with Crippen molar-refractivity contribution in [3.8, 4) is 0 Å². The molecule has 124 valence electrons. The Labute approximate surface area is 129 Å². The van der Waals surface area contributed by atoms with Crippen molar-refractivity contribution in [1.29, 1.82) is 0 Å². The minimum absolute atomic E-state index is 0.0583. The van der Waals surface area contributed by atoms with Crippen LogP contribution in [-0.2, 0) is 9.53 Å². The Hall–Kier alpha value is -1.30. The van der Waals surface area contributed by atoms with Gasteiger partial charge in [0.05, 0.1) is 0 Å². The van der Waals surface area contributed by atoms with E-state index in [2.05, 4.69) is 20.9 Å². The highest BCUT2D eigenvalue weighted by Gasteiger charge is 2.20. The largest absolute Gasteiger partial charge is 0.382 e. The van der Waals surface area contributed by atoms with Crippen molar-refractivity contribution < 1.29 is 9.53 Å². The number of ether oxygens (including phenoxy) is 1. The van der Waals surface area contributed by atoms with Crippen LogP contribution in [-0.4, -0.2) is 51.3 Å². The molecule has 0 radical (unpaired) electrons. The topological polar surface area (TPSA) is 74.8 Å². The molecule has 0 aromatic carbocycles. The van der Waals surface area contributed by atoms with E-state index in [1.54, 1.807) is 0 Å². The van der Waals surface area contributed by atoms with Gasteiger partial charge in [-0.25, -0.2) is 0 Å².